The monoisotopic (exact) mass is 247 g/mol. The Balaban J connectivity index is 2.02. The van der Waals surface area contributed by atoms with Crippen LogP contribution < -0.4 is 4.74 Å². The first-order valence-electron chi connectivity index (χ1n) is 6.12. The van der Waals surface area contributed by atoms with Crippen molar-refractivity contribution >= 4 is 11.9 Å². The predicted octanol–water partition coefficient (Wildman–Crippen LogP) is 2.47. The third-order valence-corrected chi connectivity index (χ3v) is 3.12. The summed E-state index contributed by atoms with van der Waals surface area (Å²) in [6.45, 7) is 4.78. The molecule has 0 spiro atoms. The van der Waals surface area contributed by atoms with E-state index in [-0.39, 0.29) is 11.9 Å². The topological polar surface area (TPSA) is 46.6 Å². The molecule has 0 N–H and O–H groups in total. The van der Waals surface area contributed by atoms with Crippen molar-refractivity contribution in [2.24, 2.45) is 0 Å². The Morgan fingerprint density at radius 1 is 1.22 bits per heavy atom. The number of aryl methyl sites for hydroxylation is 2. The van der Waals surface area contributed by atoms with Crippen molar-refractivity contribution in [1.82, 2.24) is 4.90 Å². The van der Waals surface area contributed by atoms with Crippen molar-refractivity contribution in [3.05, 3.63) is 29.3 Å². The summed E-state index contributed by atoms with van der Waals surface area (Å²) in [6, 6.07) is 5.76. The Bertz CT molecular complexity index is 472. The fourth-order valence-electron chi connectivity index (χ4n) is 1.91. The second kappa shape index (κ2) is 5.21. The molecule has 96 valence electrons. The molecular formula is C14H17NO3. The van der Waals surface area contributed by atoms with Gasteiger partial charge in [0, 0.05) is 25.9 Å². The molecule has 0 atom stereocenters. The minimum absolute atomic E-state index is 0.214. The highest BCUT2D eigenvalue weighted by atomic mass is 16.6. The number of hydrogen-bond acceptors (Lipinski definition) is 3. The number of Topliss-reactive ketones (excluding diaryl/α,β-unsaturated/α-hetero) is 1. The van der Waals surface area contributed by atoms with Gasteiger partial charge in [-0.2, -0.15) is 0 Å². The molecule has 2 rings (SSSR count). The van der Waals surface area contributed by atoms with Crippen molar-refractivity contribution in [1.29, 1.82) is 0 Å². The van der Waals surface area contributed by atoms with E-state index in [2.05, 4.69) is 0 Å². The highest BCUT2D eigenvalue weighted by Crippen LogP contribution is 2.20. The van der Waals surface area contributed by atoms with Crippen LogP contribution >= 0.6 is 0 Å². The van der Waals surface area contributed by atoms with Gasteiger partial charge in [-0.1, -0.05) is 12.1 Å². The van der Waals surface area contributed by atoms with Gasteiger partial charge in [0.15, 0.2) is 0 Å². The number of ketones is 1. The van der Waals surface area contributed by atoms with Gasteiger partial charge in [-0.3, -0.25) is 4.79 Å². The highest BCUT2D eigenvalue weighted by molar-refractivity contribution is 5.82. The standard InChI is InChI=1S/C14H17NO3/c1-10-3-4-11(2)13(9-10)18-14(17)15-7-5-12(16)6-8-15/h3-4,9H,5-8H2,1-2H3. The molecule has 1 aliphatic rings. The van der Waals surface area contributed by atoms with Crippen LogP contribution in [0.4, 0.5) is 4.79 Å². The van der Waals surface area contributed by atoms with E-state index in [9.17, 15) is 9.59 Å². The third kappa shape index (κ3) is 2.88. The number of amides is 1. The fourth-order valence-corrected chi connectivity index (χ4v) is 1.91. The number of rotatable bonds is 1. The van der Waals surface area contributed by atoms with Crippen LogP contribution in [0.25, 0.3) is 0 Å². The second-order valence-corrected chi connectivity index (χ2v) is 4.66. The van der Waals surface area contributed by atoms with Gasteiger partial charge in [0.25, 0.3) is 0 Å². The maximum Gasteiger partial charge on any atom is 0.415 e. The highest BCUT2D eigenvalue weighted by Gasteiger charge is 2.22. The smallest absolute Gasteiger partial charge is 0.410 e. The molecule has 1 amide bonds. The molecule has 4 heteroatoms. The Morgan fingerprint density at radius 3 is 2.56 bits per heavy atom. The first kappa shape index (κ1) is 12.6. The van der Waals surface area contributed by atoms with Gasteiger partial charge >= 0.3 is 6.09 Å². The minimum atomic E-state index is -0.365. The van der Waals surface area contributed by atoms with Gasteiger partial charge < -0.3 is 9.64 Å². The summed E-state index contributed by atoms with van der Waals surface area (Å²) in [5.41, 5.74) is 1.99. The quantitative estimate of drug-likeness (QED) is 0.765. The number of hydrogen-bond donors (Lipinski definition) is 0. The van der Waals surface area contributed by atoms with Gasteiger partial charge in [-0.15, -0.1) is 0 Å². The fraction of sp³-hybridized carbons (Fsp3) is 0.429. The number of likely N-dealkylation sites (tertiary alicyclic amines) is 1. The molecule has 1 fully saturated rings. The number of carbonyl (C=O) groups is 2. The molecule has 18 heavy (non-hydrogen) atoms. The predicted molar refractivity (Wildman–Crippen MR) is 67.8 cm³/mol. The van der Waals surface area contributed by atoms with Gasteiger partial charge in [0.1, 0.15) is 11.5 Å². The summed E-state index contributed by atoms with van der Waals surface area (Å²) in [5, 5.41) is 0. The van der Waals surface area contributed by atoms with E-state index in [0.29, 0.717) is 31.7 Å². The van der Waals surface area contributed by atoms with Crippen LogP contribution in [0.15, 0.2) is 18.2 Å². The zero-order chi connectivity index (χ0) is 13.1. The summed E-state index contributed by atoms with van der Waals surface area (Å²) >= 11 is 0. The molecule has 1 heterocycles. The molecular weight excluding hydrogens is 230 g/mol. The first-order valence-corrected chi connectivity index (χ1v) is 6.12. The van der Waals surface area contributed by atoms with Crippen LogP contribution in [0, 0.1) is 13.8 Å². The molecule has 1 aromatic carbocycles. The maximum atomic E-state index is 11.9. The molecule has 1 aromatic rings. The van der Waals surface area contributed by atoms with Gasteiger partial charge in [-0.05, 0) is 31.0 Å². The van der Waals surface area contributed by atoms with E-state index in [1.165, 1.54) is 0 Å². The number of ether oxygens (including phenoxy) is 1. The van der Waals surface area contributed by atoms with E-state index in [0.717, 1.165) is 11.1 Å². The Morgan fingerprint density at radius 2 is 1.89 bits per heavy atom. The van der Waals surface area contributed by atoms with Crippen LogP contribution in [0.5, 0.6) is 5.75 Å². The Kier molecular flexibility index (Phi) is 3.65. The molecule has 0 radical (unpaired) electrons. The second-order valence-electron chi connectivity index (χ2n) is 4.66. The minimum Gasteiger partial charge on any atom is -0.410 e. The molecule has 0 unspecified atom stereocenters. The van der Waals surface area contributed by atoms with Gasteiger partial charge in [0.05, 0.1) is 0 Å². The summed E-state index contributed by atoms with van der Waals surface area (Å²) in [5.74, 6) is 0.808. The van der Waals surface area contributed by atoms with E-state index >= 15 is 0 Å². The molecule has 0 bridgehead atoms. The number of nitrogens with zero attached hydrogens (tertiary/aromatic N) is 1. The average molecular weight is 247 g/mol. The van der Waals surface area contributed by atoms with E-state index in [1.807, 2.05) is 32.0 Å². The molecule has 0 aromatic heterocycles. The van der Waals surface area contributed by atoms with Crippen LogP contribution in [-0.2, 0) is 4.79 Å². The average Bonchev–Trinajstić information content (AvgIpc) is 2.34. The third-order valence-electron chi connectivity index (χ3n) is 3.12. The lowest BCUT2D eigenvalue weighted by Crippen LogP contribution is -2.40. The van der Waals surface area contributed by atoms with E-state index in [4.69, 9.17) is 4.74 Å². The van der Waals surface area contributed by atoms with E-state index in [1.54, 1.807) is 4.90 Å². The Hall–Kier alpha value is -1.84. The molecule has 1 saturated heterocycles. The molecule has 4 nitrogen and oxygen atoms in total. The largest absolute Gasteiger partial charge is 0.415 e. The van der Waals surface area contributed by atoms with Crippen molar-refractivity contribution in [3.63, 3.8) is 0 Å². The summed E-state index contributed by atoms with van der Waals surface area (Å²) in [6.07, 6.45) is 0.500. The molecule has 0 saturated carbocycles. The van der Waals surface area contributed by atoms with Crippen LogP contribution in [-0.4, -0.2) is 29.9 Å². The summed E-state index contributed by atoms with van der Waals surface area (Å²) in [7, 11) is 0. The SMILES string of the molecule is Cc1ccc(C)c(OC(=O)N2CCC(=O)CC2)c1. The molecule has 1 aliphatic heterocycles. The zero-order valence-electron chi connectivity index (χ0n) is 10.7. The van der Waals surface area contributed by atoms with E-state index < -0.39 is 0 Å². The van der Waals surface area contributed by atoms with Crippen LogP contribution in [0.3, 0.4) is 0 Å². The van der Waals surface area contributed by atoms with Crippen LogP contribution in [0.1, 0.15) is 24.0 Å². The number of benzene rings is 1. The van der Waals surface area contributed by atoms with Crippen molar-refractivity contribution in [2.45, 2.75) is 26.7 Å². The van der Waals surface area contributed by atoms with Crippen molar-refractivity contribution in [2.75, 3.05) is 13.1 Å². The summed E-state index contributed by atoms with van der Waals surface area (Å²) in [4.78, 5) is 24.6. The zero-order valence-corrected chi connectivity index (χ0v) is 10.7. The van der Waals surface area contributed by atoms with Gasteiger partial charge in [-0.25, -0.2) is 4.79 Å². The normalized spacial score (nSPS) is 15.7. The number of piperidine rings is 1. The summed E-state index contributed by atoms with van der Waals surface area (Å²) < 4.78 is 5.38. The molecule has 0 aliphatic carbocycles. The van der Waals surface area contributed by atoms with Gasteiger partial charge in [0.2, 0.25) is 0 Å². The lowest BCUT2D eigenvalue weighted by atomic mass is 10.1. The lowest BCUT2D eigenvalue weighted by molar-refractivity contribution is -0.121. The van der Waals surface area contributed by atoms with Crippen molar-refractivity contribution in [3.8, 4) is 5.75 Å². The van der Waals surface area contributed by atoms with Crippen molar-refractivity contribution < 1.29 is 14.3 Å². The number of carbonyl (C=O) groups excluding carboxylic acids is 2. The van der Waals surface area contributed by atoms with Crippen LogP contribution in [0.2, 0.25) is 0 Å². The maximum absolute atomic E-state index is 11.9. The Labute approximate surface area is 107 Å². The lowest BCUT2D eigenvalue weighted by Gasteiger charge is -2.25. The first-order chi connectivity index (χ1) is 8.56.